The summed E-state index contributed by atoms with van der Waals surface area (Å²) in [5.74, 6) is 6.35. The Morgan fingerprint density at radius 3 is 2.96 bits per heavy atom. The van der Waals surface area contributed by atoms with Crippen LogP contribution in [-0.2, 0) is 4.79 Å². The number of carbonyl (C=O) groups excluding carboxylic acids is 1. The zero-order valence-electron chi connectivity index (χ0n) is 13.8. The highest BCUT2D eigenvalue weighted by Gasteiger charge is 2.14. The Hall–Kier alpha value is -2.04. The third-order valence-electron chi connectivity index (χ3n) is 3.52. The van der Waals surface area contributed by atoms with E-state index in [0.29, 0.717) is 11.5 Å². The minimum atomic E-state index is -0.529. The average Bonchev–Trinajstić information content (AvgIpc) is 2.90. The first-order chi connectivity index (χ1) is 11.6. The molecule has 0 unspecified atom stereocenters. The number of aromatic nitrogens is 2. The van der Waals surface area contributed by atoms with Gasteiger partial charge in [-0.2, -0.15) is 0 Å². The molecule has 0 aliphatic heterocycles. The van der Waals surface area contributed by atoms with Gasteiger partial charge in [-0.25, -0.2) is 10.5 Å². The number of imidazole rings is 1. The summed E-state index contributed by atoms with van der Waals surface area (Å²) in [5.41, 5.74) is 3.98. The van der Waals surface area contributed by atoms with Gasteiger partial charge in [0.15, 0.2) is 5.69 Å². The third kappa shape index (κ3) is 4.49. The molecule has 0 saturated heterocycles. The number of rotatable bonds is 6. The molecule has 0 radical (unpaired) electrons. The molecule has 2 aromatic rings. The maximum Gasteiger partial charge on any atom is 0.262 e. The van der Waals surface area contributed by atoms with Crippen LogP contribution in [0.2, 0.25) is 0 Å². The number of nitrogens with zero attached hydrogens (tertiary/aromatic N) is 2. The van der Waals surface area contributed by atoms with Crippen molar-refractivity contribution in [3.63, 3.8) is 0 Å². The first-order valence-corrected chi connectivity index (χ1v) is 8.70. The monoisotopic (exact) mass is 392 g/mol. The lowest BCUT2D eigenvalue weighted by atomic mass is 10.2. The second kappa shape index (κ2) is 8.71. The van der Waals surface area contributed by atoms with Gasteiger partial charge in [-0.15, -0.1) is 0 Å². The van der Waals surface area contributed by atoms with Crippen molar-refractivity contribution in [1.82, 2.24) is 14.9 Å². The molecule has 2 aromatic heterocycles. The van der Waals surface area contributed by atoms with Crippen LogP contribution in [0, 0.1) is 18.8 Å². The number of pyridine rings is 1. The first kappa shape index (κ1) is 18.3. The van der Waals surface area contributed by atoms with Crippen molar-refractivity contribution in [1.29, 1.82) is 0 Å². The molecule has 1 amide bonds. The molecule has 0 spiro atoms. The Kier molecular flexibility index (Phi) is 6.64. The Balaban J connectivity index is 2.36. The lowest BCUT2D eigenvalue weighted by Gasteiger charge is -2.06. The van der Waals surface area contributed by atoms with Crippen molar-refractivity contribution in [2.45, 2.75) is 39.5 Å². The fourth-order valence-electron chi connectivity index (χ4n) is 2.34. The summed E-state index contributed by atoms with van der Waals surface area (Å²) >= 11 is 3.47. The van der Waals surface area contributed by atoms with Crippen molar-refractivity contribution < 1.29 is 10.0 Å². The molecule has 0 aromatic carbocycles. The van der Waals surface area contributed by atoms with E-state index in [4.69, 9.17) is 5.21 Å². The van der Waals surface area contributed by atoms with Gasteiger partial charge in [-0.1, -0.05) is 25.7 Å². The van der Waals surface area contributed by atoms with Gasteiger partial charge in [0.25, 0.3) is 5.91 Å². The number of nitrogens with one attached hydrogen (secondary N) is 2. The SMILES string of the molecule is CCCCCC#Cc1nc2c(C)cc(Br)cn2c1NCC(=O)NO. The van der Waals surface area contributed by atoms with Crippen LogP contribution in [0.1, 0.15) is 43.9 Å². The molecule has 128 valence electrons. The summed E-state index contributed by atoms with van der Waals surface area (Å²) in [7, 11) is 0. The van der Waals surface area contributed by atoms with Gasteiger partial charge in [-0.05, 0) is 46.8 Å². The number of aryl methyl sites for hydroxylation is 1. The van der Waals surface area contributed by atoms with Crippen LogP contribution in [0.5, 0.6) is 0 Å². The van der Waals surface area contributed by atoms with Crippen LogP contribution in [0.3, 0.4) is 0 Å². The predicted octanol–water partition coefficient (Wildman–Crippen LogP) is 3.25. The molecular formula is C17H21BrN4O2. The lowest BCUT2D eigenvalue weighted by molar-refractivity contribution is -0.127. The Morgan fingerprint density at radius 1 is 1.46 bits per heavy atom. The first-order valence-electron chi connectivity index (χ1n) is 7.90. The summed E-state index contributed by atoms with van der Waals surface area (Å²) < 4.78 is 2.77. The van der Waals surface area contributed by atoms with Crippen LogP contribution in [0.15, 0.2) is 16.7 Å². The molecule has 0 fully saturated rings. The van der Waals surface area contributed by atoms with Gasteiger partial charge in [-0.3, -0.25) is 14.4 Å². The minimum absolute atomic E-state index is 0.0691. The van der Waals surface area contributed by atoms with Crippen molar-refractivity contribution in [3.8, 4) is 11.8 Å². The number of halogens is 1. The lowest BCUT2D eigenvalue weighted by Crippen LogP contribution is -2.27. The van der Waals surface area contributed by atoms with E-state index >= 15 is 0 Å². The second-order valence-electron chi connectivity index (χ2n) is 5.49. The van der Waals surface area contributed by atoms with E-state index in [1.165, 1.54) is 0 Å². The quantitative estimate of drug-likeness (QED) is 0.305. The number of hydrogen-bond acceptors (Lipinski definition) is 4. The van der Waals surface area contributed by atoms with E-state index in [0.717, 1.165) is 41.4 Å². The van der Waals surface area contributed by atoms with E-state index in [1.807, 2.05) is 23.6 Å². The van der Waals surface area contributed by atoms with Crippen molar-refractivity contribution in [3.05, 3.63) is 28.0 Å². The van der Waals surface area contributed by atoms with Gasteiger partial charge >= 0.3 is 0 Å². The highest BCUT2D eigenvalue weighted by molar-refractivity contribution is 9.10. The normalized spacial score (nSPS) is 10.3. The second-order valence-corrected chi connectivity index (χ2v) is 6.41. The Bertz CT molecular complexity index is 789. The van der Waals surface area contributed by atoms with E-state index in [1.54, 1.807) is 5.48 Å². The molecule has 2 rings (SSSR count). The minimum Gasteiger partial charge on any atom is -0.360 e. The molecule has 6 nitrogen and oxygen atoms in total. The summed E-state index contributed by atoms with van der Waals surface area (Å²) in [6, 6.07) is 1.98. The van der Waals surface area contributed by atoms with Crippen LogP contribution < -0.4 is 10.8 Å². The van der Waals surface area contributed by atoms with E-state index in [2.05, 4.69) is 45.0 Å². The molecule has 0 bridgehead atoms. The van der Waals surface area contributed by atoms with E-state index in [9.17, 15) is 4.79 Å². The summed E-state index contributed by atoms with van der Waals surface area (Å²) in [6.45, 7) is 4.06. The maximum absolute atomic E-state index is 11.3. The molecule has 0 atom stereocenters. The fraction of sp³-hybridized carbons (Fsp3) is 0.412. The van der Waals surface area contributed by atoms with Gasteiger partial charge in [0, 0.05) is 17.1 Å². The van der Waals surface area contributed by atoms with Crippen LogP contribution in [0.25, 0.3) is 5.65 Å². The standard InChI is InChI=1S/C17H21BrN4O2/c1-3-4-5-6-7-8-14-17(19-10-15(23)21-24)22-11-13(18)9-12(2)16(22)20-14/h9,11,19,24H,3-6,10H2,1-2H3,(H,21,23). The van der Waals surface area contributed by atoms with Gasteiger partial charge < -0.3 is 5.32 Å². The molecular weight excluding hydrogens is 372 g/mol. The maximum atomic E-state index is 11.3. The van der Waals surface area contributed by atoms with E-state index < -0.39 is 5.91 Å². The molecule has 2 heterocycles. The molecule has 3 N–H and O–H groups in total. The highest BCUT2D eigenvalue weighted by atomic mass is 79.9. The number of carbonyl (C=O) groups is 1. The zero-order chi connectivity index (χ0) is 17.5. The van der Waals surface area contributed by atoms with Gasteiger partial charge in [0.2, 0.25) is 0 Å². The fourth-order valence-corrected chi connectivity index (χ4v) is 2.89. The number of amides is 1. The molecule has 7 heteroatoms. The van der Waals surface area contributed by atoms with Crippen LogP contribution >= 0.6 is 15.9 Å². The summed E-state index contributed by atoms with van der Waals surface area (Å²) in [5, 5.41) is 11.7. The number of fused-ring (bicyclic) bond motifs is 1. The number of hydrogen-bond donors (Lipinski definition) is 3. The summed E-state index contributed by atoms with van der Waals surface area (Å²) in [6.07, 6.45) is 6.08. The largest absolute Gasteiger partial charge is 0.360 e. The number of unbranched alkanes of at least 4 members (excludes halogenated alkanes) is 3. The molecule has 0 saturated carbocycles. The topological polar surface area (TPSA) is 78.7 Å². The van der Waals surface area contributed by atoms with Crippen molar-refractivity contribution in [2.24, 2.45) is 0 Å². The molecule has 0 aliphatic carbocycles. The van der Waals surface area contributed by atoms with Gasteiger partial charge in [0.05, 0.1) is 6.54 Å². The highest BCUT2D eigenvalue weighted by Crippen LogP contribution is 2.23. The average molecular weight is 393 g/mol. The number of hydroxylamine groups is 1. The van der Waals surface area contributed by atoms with E-state index in [-0.39, 0.29) is 6.54 Å². The zero-order valence-corrected chi connectivity index (χ0v) is 15.4. The van der Waals surface area contributed by atoms with Gasteiger partial charge in [0.1, 0.15) is 11.5 Å². The molecule has 24 heavy (non-hydrogen) atoms. The Morgan fingerprint density at radius 2 is 2.25 bits per heavy atom. The van der Waals surface area contributed by atoms with Crippen molar-refractivity contribution >= 4 is 33.3 Å². The Labute approximate surface area is 149 Å². The van der Waals surface area contributed by atoms with Crippen LogP contribution in [0.4, 0.5) is 5.82 Å². The number of anilines is 1. The van der Waals surface area contributed by atoms with Crippen molar-refractivity contribution in [2.75, 3.05) is 11.9 Å². The molecule has 0 aliphatic rings. The predicted molar refractivity (Wildman–Crippen MR) is 97.1 cm³/mol. The smallest absolute Gasteiger partial charge is 0.262 e. The summed E-state index contributed by atoms with van der Waals surface area (Å²) in [4.78, 5) is 15.9. The van der Waals surface area contributed by atoms with Crippen LogP contribution in [-0.4, -0.2) is 27.0 Å². The third-order valence-corrected chi connectivity index (χ3v) is 3.96.